The maximum absolute atomic E-state index is 6.26. The van der Waals surface area contributed by atoms with E-state index in [4.69, 9.17) is 27.5 Å². The molecule has 0 bridgehead atoms. The third kappa shape index (κ3) is 2.10. The van der Waals surface area contributed by atoms with Crippen LogP contribution in [0.15, 0.2) is 12.1 Å². The van der Waals surface area contributed by atoms with Crippen LogP contribution in [0, 0.1) is 12.3 Å². The molecule has 0 radical (unpaired) electrons. The molecule has 86 valence electrons. The van der Waals surface area contributed by atoms with Crippen LogP contribution in [0.2, 0.25) is 5.02 Å². The summed E-state index contributed by atoms with van der Waals surface area (Å²) < 4.78 is 10.4. The summed E-state index contributed by atoms with van der Waals surface area (Å²) in [6.07, 6.45) is 5.49. The van der Waals surface area contributed by atoms with Gasteiger partial charge in [-0.15, -0.1) is 6.42 Å². The van der Waals surface area contributed by atoms with E-state index in [2.05, 4.69) is 5.92 Å². The largest absolute Gasteiger partial charge is 0.493 e. The molecule has 1 rings (SSSR count). The van der Waals surface area contributed by atoms with Crippen LogP contribution < -0.4 is 9.47 Å². The first-order valence-electron chi connectivity index (χ1n) is 4.86. The predicted molar refractivity (Wildman–Crippen MR) is 66.4 cm³/mol. The summed E-state index contributed by atoms with van der Waals surface area (Å²) in [4.78, 5) is 0. The first-order valence-corrected chi connectivity index (χ1v) is 5.24. The van der Waals surface area contributed by atoms with Gasteiger partial charge in [-0.25, -0.2) is 0 Å². The first kappa shape index (κ1) is 12.7. The molecule has 0 aliphatic rings. The Bertz CT molecular complexity index is 430. The standard InChI is InChI=1S/C13H15ClO2/c1-6-13(2,3)9-7-8-10(15-4)12(16-5)11(9)14/h1,7-8H,2-5H3. The molecule has 1 aromatic carbocycles. The van der Waals surface area contributed by atoms with Crippen molar-refractivity contribution in [3.63, 3.8) is 0 Å². The van der Waals surface area contributed by atoms with Crippen molar-refractivity contribution >= 4 is 11.6 Å². The van der Waals surface area contributed by atoms with Crippen molar-refractivity contribution in [3.05, 3.63) is 22.7 Å². The second-order valence-corrected chi connectivity index (χ2v) is 4.31. The molecule has 0 aliphatic carbocycles. The number of benzene rings is 1. The van der Waals surface area contributed by atoms with Gasteiger partial charge in [0.1, 0.15) is 0 Å². The maximum atomic E-state index is 6.26. The highest BCUT2D eigenvalue weighted by atomic mass is 35.5. The Morgan fingerprint density at radius 2 is 1.88 bits per heavy atom. The number of hydrogen-bond acceptors (Lipinski definition) is 2. The third-order valence-corrected chi connectivity index (χ3v) is 2.89. The second-order valence-electron chi connectivity index (χ2n) is 3.93. The lowest BCUT2D eigenvalue weighted by Gasteiger charge is -2.21. The smallest absolute Gasteiger partial charge is 0.179 e. The van der Waals surface area contributed by atoms with Crippen LogP contribution in [0.25, 0.3) is 0 Å². The van der Waals surface area contributed by atoms with Crippen LogP contribution in [0.5, 0.6) is 11.5 Å². The van der Waals surface area contributed by atoms with Crippen molar-refractivity contribution in [3.8, 4) is 23.8 Å². The third-order valence-electron chi connectivity index (χ3n) is 2.52. The number of ether oxygens (including phenoxy) is 2. The molecular formula is C13H15ClO2. The molecule has 0 amide bonds. The molecule has 16 heavy (non-hydrogen) atoms. The van der Waals surface area contributed by atoms with E-state index in [-0.39, 0.29) is 0 Å². The van der Waals surface area contributed by atoms with Crippen molar-refractivity contribution in [1.29, 1.82) is 0 Å². The Morgan fingerprint density at radius 1 is 1.25 bits per heavy atom. The van der Waals surface area contributed by atoms with E-state index < -0.39 is 5.41 Å². The Labute approximate surface area is 102 Å². The zero-order valence-electron chi connectivity index (χ0n) is 9.93. The van der Waals surface area contributed by atoms with E-state index in [9.17, 15) is 0 Å². The van der Waals surface area contributed by atoms with Gasteiger partial charge in [-0.3, -0.25) is 0 Å². The van der Waals surface area contributed by atoms with Gasteiger partial charge in [0.15, 0.2) is 11.5 Å². The van der Waals surface area contributed by atoms with E-state index in [1.807, 2.05) is 19.9 Å². The van der Waals surface area contributed by atoms with E-state index in [1.54, 1.807) is 20.3 Å². The highest BCUT2D eigenvalue weighted by Gasteiger charge is 2.24. The molecule has 2 nitrogen and oxygen atoms in total. The molecule has 0 N–H and O–H groups in total. The van der Waals surface area contributed by atoms with Crippen molar-refractivity contribution < 1.29 is 9.47 Å². The van der Waals surface area contributed by atoms with Gasteiger partial charge in [-0.1, -0.05) is 23.6 Å². The highest BCUT2D eigenvalue weighted by Crippen LogP contribution is 2.41. The van der Waals surface area contributed by atoms with Gasteiger partial charge in [-0.2, -0.15) is 0 Å². The molecule has 1 aromatic rings. The van der Waals surface area contributed by atoms with Gasteiger partial charge in [0.25, 0.3) is 0 Å². The minimum absolute atomic E-state index is 0.434. The summed E-state index contributed by atoms with van der Waals surface area (Å²) in [6, 6.07) is 3.67. The average Bonchev–Trinajstić information content (AvgIpc) is 2.28. The molecule has 0 saturated heterocycles. The molecule has 0 saturated carbocycles. The lowest BCUT2D eigenvalue weighted by molar-refractivity contribution is 0.354. The summed E-state index contributed by atoms with van der Waals surface area (Å²) in [5.74, 6) is 3.83. The fourth-order valence-corrected chi connectivity index (χ4v) is 1.92. The van der Waals surface area contributed by atoms with E-state index in [0.29, 0.717) is 16.5 Å². The molecular weight excluding hydrogens is 224 g/mol. The number of methoxy groups -OCH3 is 2. The molecule has 0 heterocycles. The maximum Gasteiger partial charge on any atom is 0.179 e. The number of terminal acetylenes is 1. The Hall–Kier alpha value is -1.33. The minimum atomic E-state index is -0.434. The van der Waals surface area contributed by atoms with Crippen LogP contribution in [0.1, 0.15) is 19.4 Å². The average molecular weight is 239 g/mol. The SMILES string of the molecule is C#CC(C)(C)c1ccc(OC)c(OC)c1Cl. The Kier molecular flexibility index (Phi) is 3.72. The van der Waals surface area contributed by atoms with Gasteiger partial charge < -0.3 is 9.47 Å². The van der Waals surface area contributed by atoms with E-state index in [1.165, 1.54) is 0 Å². The molecule has 0 atom stereocenters. The lowest BCUT2D eigenvalue weighted by Crippen LogP contribution is -2.15. The number of halogens is 1. The molecule has 3 heteroatoms. The lowest BCUT2D eigenvalue weighted by atomic mass is 9.85. The molecule has 0 spiro atoms. The minimum Gasteiger partial charge on any atom is -0.493 e. The van der Waals surface area contributed by atoms with Crippen molar-refractivity contribution in [2.45, 2.75) is 19.3 Å². The second kappa shape index (κ2) is 4.67. The zero-order valence-corrected chi connectivity index (χ0v) is 10.7. The summed E-state index contributed by atoms with van der Waals surface area (Å²) in [5, 5.41) is 0.504. The zero-order chi connectivity index (χ0) is 12.3. The molecule has 0 aliphatic heterocycles. The van der Waals surface area contributed by atoms with Crippen molar-refractivity contribution in [1.82, 2.24) is 0 Å². The fraction of sp³-hybridized carbons (Fsp3) is 0.385. The predicted octanol–water partition coefficient (Wildman–Crippen LogP) is 3.27. The summed E-state index contributed by atoms with van der Waals surface area (Å²) in [6.45, 7) is 3.86. The first-order chi connectivity index (χ1) is 7.47. The topological polar surface area (TPSA) is 18.5 Å². The van der Waals surface area contributed by atoms with Crippen LogP contribution >= 0.6 is 11.6 Å². The van der Waals surface area contributed by atoms with Gasteiger partial charge in [0, 0.05) is 0 Å². The number of hydrogen-bond donors (Lipinski definition) is 0. The van der Waals surface area contributed by atoms with Gasteiger partial charge in [0.2, 0.25) is 0 Å². The summed E-state index contributed by atoms with van der Waals surface area (Å²) in [7, 11) is 3.12. The highest BCUT2D eigenvalue weighted by molar-refractivity contribution is 6.33. The molecule has 0 fully saturated rings. The van der Waals surface area contributed by atoms with Gasteiger partial charge in [-0.05, 0) is 25.5 Å². The fourth-order valence-electron chi connectivity index (χ4n) is 1.45. The van der Waals surface area contributed by atoms with Crippen molar-refractivity contribution in [2.75, 3.05) is 14.2 Å². The van der Waals surface area contributed by atoms with Crippen LogP contribution in [0.3, 0.4) is 0 Å². The Morgan fingerprint density at radius 3 is 2.31 bits per heavy atom. The quantitative estimate of drug-likeness (QED) is 0.753. The monoisotopic (exact) mass is 238 g/mol. The molecule has 0 unspecified atom stereocenters. The molecule has 0 aromatic heterocycles. The van der Waals surface area contributed by atoms with E-state index >= 15 is 0 Å². The van der Waals surface area contributed by atoms with Crippen LogP contribution in [-0.4, -0.2) is 14.2 Å². The van der Waals surface area contributed by atoms with E-state index in [0.717, 1.165) is 5.56 Å². The number of rotatable bonds is 3. The normalized spacial score (nSPS) is 10.8. The summed E-state index contributed by atoms with van der Waals surface area (Å²) >= 11 is 6.26. The van der Waals surface area contributed by atoms with Gasteiger partial charge in [0.05, 0.1) is 24.7 Å². The van der Waals surface area contributed by atoms with Gasteiger partial charge >= 0.3 is 0 Å². The Balaban J connectivity index is 3.42. The van der Waals surface area contributed by atoms with Crippen LogP contribution in [0.4, 0.5) is 0 Å². The summed E-state index contributed by atoms with van der Waals surface area (Å²) in [5.41, 5.74) is 0.422. The van der Waals surface area contributed by atoms with Crippen LogP contribution in [-0.2, 0) is 5.41 Å². The van der Waals surface area contributed by atoms with Crippen molar-refractivity contribution in [2.24, 2.45) is 0 Å².